The number of rotatable bonds is 4. The number of aromatic nitrogens is 4. The van der Waals surface area contributed by atoms with Crippen molar-refractivity contribution in [2.24, 2.45) is 0 Å². The number of aryl methyl sites for hydroxylation is 1. The summed E-state index contributed by atoms with van der Waals surface area (Å²) in [6.07, 6.45) is 0. The van der Waals surface area contributed by atoms with Gasteiger partial charge in [0, 0.05) is 0 Å². The molecule has 0 aliphatic heterocycles. The van der Waals surface area contributed by atoms with E-state index in [0.717, 1.165) is 11.3 Å². The van der Waals surface area contributed by atoms with Gasteiger partial charge in [0.2, 0.25) is 0 Å². The highest BCUT2D eigenvalue weighted by molar-refractivity contribution is 7.99. The number of fused-ring (bicyclic) bond motifs is 2. The van der Waals surface area contributed by atoms with E-state index < -0.39 is 0 Å². The van der Waals surface area contributed by atoms with Crippen LogP contribution < -0.4 is 11.1 Å². The molecule has 5 rings (SSSR count). The number of aromatic amines is 1. The fourth-order valence-electron chi connectivity index (χ4n) is 3.62. The zero-order valence-electron chi connectivity index (χ0n) is 17.6. The van der Waals surface area contributed by atoms with Gasteiger partial charge >= 0.3 is 0 Å². The fourth-order valence-corrected chi connectivity index (χ4v) is 4.61. The molecule has 0 aliphatic carbocycles. The Hall–Kier alpha value is -3.71. The van der Waals surface area contributed by atoms with Crippen molar-refractivity contribution in [1.82, 2.24) is 19.5 Å². The maximum atomic E-state index is 13.4. The van der Waals surface area contributed by atoms with Gasteiger partial charge in [0.1, 0.15) is 5.82 Å². The minimum atomic E-state index is -0.239. The van der Waals surface area contributed by atoms with Crippen LogP contribution in [-0.2, 0) is 0 Å². The molecule has 7 heteroatoms. The van der Waals surface area contributed by atoms with Crippen molar-refractivity contribution in [2.45, 2.75) is 24.3 Å². The number of H-pyrrole nitrogens is 1. The smallest absolute Gasteiger partial charge is 0.266 e. The highest BCUT2D eigenvalue weighted by Gasteiger charge is 2.19. The first kappa shape index (κ1) is 20.2. The summed E-state index contributed by atoms with van der Waals surface area (Å²) >= 11 is 1.39. The summed E-state index contributed by atoms with van der Waals surface area (Å²) in [5.41, 5.74) is 2.82. The van der Waals surface area contributed by atoms with Crippen molar-refractivity contribution in [3.8, 4) is 5.69 Å². The molecule has 0 saturated carbocycles. The van der Waals surface area contributed by atoms with Crippen LogP contribution in [0, 0.1) is 6.92 Å². The third kappa shape index (κ3) is 3.61. The Morgan fingerprint density at radius 1 is 0.844 bits per heavy atom. The van der Waals surface area contributed by atoms with Crippen molar-refractivity contribution in [3.05, 3.63) is 105 Å². The van der Waals surface area contributed by atoms with Gasteiger partial charge < -0.3 is 4.98 Å². The minimum absolute atomic E-state index is 0.130. The van der Waals surface area contributed by atoms with Crippen LogP contribution in [-0.4, -0.2) is 19.5 Å². The summed E-state index contributed by atoms with van der Waals surface area (Å²) in [4.78, 5) is 38.3. The van der Waals surface area contributed by atoms with Gasteiger partial charge in [-0.3, -0.25) is 14.2 Å². The van der Waals surface area contributed by atoms with Gasteiger partial charge in [0.15, 0.2) is 5.16 Å². The number of benzene rings is 3. The van der Waals surface area contributed by atoms with Gasteiger partial charge in [0.25, 0.3) is 11.1 Å². The topological polar surface area (TPSA) is 80.6 Å². The number of nitrogens with zero attached hydrogens (tertiary/aromatic N) is 3. The predicted molar refractivity (Wildman–Crippen MR) is 129 cm³/mol. The first-order valence-electron chi connectivity index (χ1n) is 10.3. The second-order valence-corrected chi connectivity index (χ2v) is 8.92. The van der Waals surface area contributed by atoms with E-state index in [1.807, 2.05) is 74.5 Å². The number of nitrogens with one attached hydrogen (secondary N) is 1. The van der Waals surface area contributed by atoms with E-state index in [4.69, 9.17) is 4.98 Å². The van der Waals surface area contributed by atoms with Crippen LogP contribution in [0.3, 0.4) is 0 Å². The molecule has 0 spiro atoms. The molecule has 0 aliphatic rings. The van der Waals surface area contributed by atoms with Crippen LogP contribution in [0.15, 0.2) is 87.5 Å². The third-order valence-electron chi connectivity index (χ3n) is 5.34. The second-order valence-electron chi connectivity index (χ2n) is 7.62. The Morgan fingerprint density at radius 2 is 1.47 bits per heavy atom. The molecule has 0 fully saturated rings. The van der Waals surface area contributed by atoms with Gasteiger partial charge in [0.05, 0.1) is 32.7 Å². The van der Waals surface area contributed by atoms with Gasteiger partial charge in [-0.05, 0) is 50.2 Å². The number of hydrogen-bond donors (Lipinski definition) is 1. The molecule has 2 aromatic heterocycles. The fraction of sp³-hybridized carbons (Fsp3) is 0.120. The van der Waals surface area contributed by atoms with Gasteiger partial charge in [-0.25, -0.2) is 9.97 Å². The van der Waals surface area contributed by atoms with Crippen LogP contribution in [0.1, 0.15) is 23.6 Å². The minimum Gasteiger partial charge on any atom is -0.309 e. The van der Waals surface area contributed by atoms with E-state index in [1.54, 1.807) is 16.7 Å². The molecule has 0 bridgehead atoms. The highest BCUT2D eigenvalue weighted by Crippen LogP contribution is 2.33. The van der Waals surface area contributed by atoms with Gasteiger partial charge in [-0.1, -0.05) is 53.7 Å². The Labute approximate surface area is 188 Å². The van der Waals surface area contributed by atoms with Crippen molar-refractivity contribution in [2.75, 3.05) is 0 Å². The van der Waals surface area contributed by atoms with E-state index >= 15 is 0 Å². The molecule has 32 heavy (non-hydrogen) atoms. The summed E-state index contributed by atoms with van der Waals surface area (Å²) in [7, 11) is 0. The second kappa shape index (κ2) is 8.09. The first-order valence-corrected chi connectivity index (χ1v) is 11.1. The lowest BCUT2D eigenvalue weighted by Crippen LogP contribution is -2.22. The van der Waals surface area contributed by atoms with Crippen LogP contribution in [0.25, 0.3) is 27.5 Å². The average Bonchev–Trinajstić information content (AvgIpc) is 2.80. The van der Waals surface area contributed by atoms with Crippen LogP contribution in [0.5, 0.6) is 0 Å². The normalized spacial score (nSPS) is 12.3. The first-order chi connectivity index (χ1) is 15.5. The molecule has 0 amide bonds. The standard InChI is InChI=1S/C25H20N4O2S/c1-15-11-13-17(14-12-15)29-24(31)19-8-4-6-10-21(19)27-25(29)32-16(2)22-26-20-9-5-3-7-18(20)23(30)28-22/h3-14,16H,1-2H3,(H,26,28,30). The molecule has 158 valence electrons. The molecule has 0 saturated heterocycles. The van der Waals surface area contributed by atoms with E-state index in [9.17, 15) is 9.59 Å². The van der Waals surface area contributed by atoms with Gasteiger partial charge in [-0.2, -0.15) is 0 Å². The maximum Gasteiger partial charge on any atom is 0.266 e. The van der Waals surface area contributed by atoms with Crippen LogP contribution >= 0.6 is 11.8 Å². The SMILES string of the molecule is Cc1ccc(-n2c(SC(C)c3nc4ccccc4c(=O)[nH]3)nc3ccccc3c2=O)cc1. The van der Waals surface area contributed by atoms with Crippen molar-refractivity contribution in [1.29, 1.82) is 0 Å². The molecule has 0 radical (unpaired) electrons. The molecule has 1 N–H and O–H groups in total. The highest BCUT2D eigenvalue weighted by atomic mass is 32.2. The molecule has 3 aromatic carbocycles. The zero-order chi connectivity index (χ0) is 22.2. The predicted octanol–water partition coefficient (Wildman–Crippen LogP) is 4.78. The lowest BCUT2D eigenvalue weighted by Gasteiger charge is -2.16. The summed E-state index contributed by atoms with van der Waals surface area (Å²) in [6, 6.07) is 22.3. The third-order valence-corrected chi connectivity index (χ3v) is 6.40. The van der Waals surface area contributed by atoms with Gasteiger partial charge in [-0.15, -0.1) is 0 Å². The largest absolute Gasteiger partial charge is 0.309 e. The summed E-state index contributed by atoms with van der Waals surface area (Å²) in [6.45, 7) is 3.95. The number of hydrogen-bond acceptors (Lipinski definition) is 5. The quantitative estimate of drug-likeness (QED) is 0.321. The van der Waals surface area contributed by atoms with E-state index in [1.165, 1.54) is 11.8 Å². The Bertz CT molecular complexity index is 1570. The molecular formula is C25H20N4O2S. The molecule has 1 unspecified atom stereocenters. The van der Waals surface area contributed by atoms with Crippen LogP contribution in [0.4, 0.5) is 0 Å². The molecule has 1 atom stereocenters. The van der Waals surface area contributed by atoms with E-state index in [0.29, 0.717) is 32.8 Å². The molecule has 6 nitrogen and oxygen atoms in total. The zero-order valence-corrected chi connectivity index (χ0v) is 18.4. The summed E-state index contributed by atoms with van der Waals surface area (Å²) in [5.74, 6) is 0.538. The summed E-state index contributed by atoms with van der Waals surface area (Å²) < 4.78 is 1.63. The Balaban J connectivity index is 1.65. The van der Waals surface area contributed by atoms with Crippen molar-refractivity contribution >= 4 is 33.6 Å². The monoisotopic (exact) mass is 440 g/mol. The number of thioether (sulfide) groups is 1. The van der Waals surface area contributed by atoms with Crippen molar-refractivity contribution < 1.29 is 0 Å². The molecular weight excluding hydrogens is 420 g/mol. The average molecular weight is 441 g/mol. The lowest BCUT2D eigenvalue weighted by molar-refractivity contribution is 0.809. The molecule has 5 aromatic rings. The van der Waals surface area contributed by atoms with E-state index in [2.05, 4.69) is 9.97 Å². The Morgan fingerprint density at radius 3 is 2.19 bits per heavy atom. The summed E-state index contributed by atoms with van der Waals surface area (Å²) in [5, 5.41) is 1.41. The van der Waals surface area contributed by atoms with Crippen LogP contribution in [0.2, 0.25) is 0 Å². The number of para-hydroxylation sites is 2. The Kier molecular flexibility index (Phi) is 5.11. The molecule has 2 heterocycles. The lowest BCUT2D eigenvalue weighted by atomic mass is 10.2. The maximum absolute atomic E-state index is 13.4. The van der Waals surface area contributed by atoms with Crippen molar-refractivity contribution in [3.63, 3.8) is 0 Å². The van der Waals surface area contributed by atoms with E-state index in [-0.39, 0.29) is 16.4 Å².